The predicted molar refractivity (Wildman–Crippen MR) is 93.9 cm³/mol. The summed E-state index contributed by atoms with van der Waals surface area (Å²) >= 11 is 2.77. The van der Waals surface area contributed by atoms with Crippen LogP contribution in [0.15, 0.2) is 47.8 Å². The number of rotatable bonds is 5. The Hall–Kier alpha value is -2.05. The average molecular weight is 342 g/mol. The van der Waals surface area contributed by atoms with Crippen LogP contribution in [-0.4, -0.2) is 26.8 Å². The van der Waals surface area contributed by atoms with Crippen molar-refractivity contribution >= 4 is 44.9 Å². The molecule has 0 spiro atoms. The first-order valence-electron chi connectivity index (χ1n) is 7.04. The molecule has 0 saturated heterocycles. The number of hydrogen-bond acceptors (Lipinski definition) is 6. The first-order chi connectivity index (χ1) is 11.1. The van der Waals surface area contributed by atoms with E-state index in [1.54, 1.807) is 11.3 Å². The van der Waals surface area contributed by atoms with Crippen molar-refractivity contribution in [3.05, 3.63) is 42.7 Å². The number of carbonyl (C=O) groups excluding carboxylic acids is 2. The predicted octanol–water partition coefficient (Wildman–Crippen LogP) is 4.00. The van der Waals surface area contributed by atoms with Gasteiger partial charge >= 0.3 is 0 Å². The summed E-state index contributed by atoms with van der Waals surface area (Å²) in [4.78, 5) is 33.9. The van der Waals surface area contributed by atoms with Crippen molar-refractivity contribution in [2.24, 2.45) is 0 Å². The number of thiophene rings is 1. The van der Waals surface area contributed by atoms with Gasteiger partial charge < -0.3 is 0 Å². The third kappa shape index (κ3) is 3.33. The minimum absolute atomic E-state index is 0.159. The molecule has 4 nitrogen and oxygen atoms in total. The molecule has 6 heteroatoms. The molecule has 0 saturated carbocycles. The van der Waals surface area contributed by atoms with E-state index >= 15 is 0 Å². The maximum absolute atomic E-state index is 11.7. The maximum Gasteiger partial charge on any atom is 0.150 e. The molecule has 3 aromatic rings. The lowest BCUT2D eigenvalue weighted by atomic mass is 10.2. The van der Waals surface area contributed by atoms with E-state index in [4.69, 9.17) is 0 Å². The van der Waals surface area contributed by atoms with Crippen molar-refractivity contribution in [2.75, 3.05) is 0 Å². The summed E-state index contributed by atoms with van der Waals surface area (Å²) in [6, 6.07) is 12.1. The molecule has 116 valence electrons. The fourth-order valence-corrected chi connectivity index (χ4v) is 4.25. The van der Waals surface area contributed by atoms with Gasteiger partial charge in [-0.1, -0.05) is 42.1 Å². The Bertz CT molecular complexity index is 861. The topological polar surface area (TPSA) is 59.9 Å². The van der Waals surface area contributed by atoms with Crippen LogP contribution >= 0.6 is 23.1 Å². The molecule has 0 bridgehead atoms. The first kappa shape index (κ1) is 15.8. The number of thioether (sulfide) groups is 1. The quantitative estimate of drug-likeness (QED) is 0.398. The van der Waals surface area contributed by atoms with Crippen LogP contribution in [0.5, 0.6) is 0 Å². The van der Waals surface area contributed by atoms with Gasteiger partial charge in [0.15, 0.2) is 11.6 Å². The number of carbonyl (C=O) groups is 2. The van der Waals surface area contributed by atoms with Crippen LogP contribution in [0, 0.1) is 0 Å². The molecular formula is C17H14N2O2S2. The number of aromatic nitrogens is 2. The van der Waals surface area contributed by atoms with Gasteiger partial charge in [0.1, 0.15) is 21.4 Å². The van der Waals surface area contributed by atoms with Gasteiger partial charge in [-0.2, -0.15) is 0 Å². The third-order valence-corrected chi connectivity index (χ3v) is 5.86. The average Bonchev–Trinajstić information content (AvgIpc) is 2.97. The van der Waals surface area contributed by atoms with Gasteiger partial charge in [-0.3, -0.25) is 9.59 Å². The second kappa shape index (κ2) is 6.60. The Balaban J connectivity index is 2.04. The van der Waals surface area contributed by atoms with Crippen LogP contribution in [0.25, 0.3) is 20.7 Å². The number of benzene rings is 1. The van der Waals surface area contributed by atoms with Gasteiger partial charge in [-0.25, -0.2) is 9.97 Å². The zero-order chi connectivity index (χ0) is 16.4. The summed E-state index contributed by atoms with van der Waals surface area (Å²) in [6.45, 7) is 2.86. The fraction of sp³-hybridized carbons (Fsp3) is 0.176. The molecule has 2 aromatic heterocycles. The minimum atomic E-state index is -0.715. The molecule has 0 N–H and O–H groups in total. The zero-order valence-corrected chi connectivity index (χ0v) is 14.3. The van der Waals surface area contributed by atoms with Gasteiger partial charge in [-0.05, 0) is 25.5 Å². The van der Waals surface area contributed by atoms with E-state index in [0.29, 0.717) is 5.03 Å². The van der Waals surface area contributed by atoms with Gasteiger partial charge in [0.2, 0.25) is 0 Å². The molecule has 0 fully saturated rings. The Morgan fingerprint density at radius 1 is 1.09 bits per heavy atom. The van der Waals surface area contributed by atoms with Crippen LogP contribution in [0.4, 0.5) is 0 Å². The summed E-state index contributed by atoms with van der Waals surface area (Å²) in [5.41, 5.74) is 1.11. The van der Waals surface area contributed by atoms with Crippen LogP contribution < -0.4 is 0 Å². The third-order valence-electron chi connectivity index (χ3n) is 3.32. The molecule has 0 aliphatic heterocycles. The number of hydrogen-bond donors (Lipinski definition) is 0. The van der Waals surface area contributed by atoms with Crippen molar-refractivity contribution in [2.45, 2.75) is 24.1 Å². The smallest absolute Gasteiger partial charge is 0.150 e. The highest BCUT2D eigenvalue weighted by atomic mass is 32.2. The molecule has 3 rings (SSSR count). The van der Waals surface area contributed by atoms with Gasteiger partial charge in [-0.15, -0.1) is 11.3 Å². The summed E-state index contributed by atoms with van der Waals surface area (Å²) in [7, 11) is 0. The van der Waals surface area contributed by atoms with Crippen LogP contribution in [0.2, 0.25) is 0 Å². The lowest BCUT2D eigenvalue weighted by Crippen LogP contribution is -2.22. The minimum Gasteiger partial charge on any atom is -0.298 e. The number of fused-ring (bicyclic) bond motifs is 1. The van der Waals surface area contributed by atoms with Gasteiger partial charge in [0.05, 0.1) is 0 Å². The number of nitrogens with zero attached hydrogens (tertiary/aromatic N) is 2. The largest absolute Gasteiger partial charge is 0.298 e. The highest BCUT2D eigenvalue weighted by Crippen LogP contribution is 2.37. The van der Waals surface area contributed by atoms with Gasteiger partial charge in [0.25, 0.3) is 0 Å². The molecular weight excluding hydrogens is 328 g/mol. The SMILES string of the molecule is CC(=O)C(Sc1ncnc2sc(-c3ccccc3)cc12)C(C)=O. The van der Waals surface area contributed by atoms with E-state index in [1.165, 1.54) is 31.9 Å². The van der Waals surface area contributed by atoms with Crippen molar-refractivity contribution in [3.8, 4) is 10.4 Å². The highest BCUT2D eigenvalue weighted by Gasteiger charge is 2.23. The Morgan fingerprint density at radius 2 is 1.78 bits per heavy atom. The van der Waals surface area contributed by atoms with Crippen molar-refractivity contribution < 1.29 is 9.59 Å². The highest BCUT2D eigenvalue weighted by molar-refractivity contribution is 8.01. The van der Waals surface area contributed by atoms with E-state index in [0.717, 1.165) is 20.7 Å². The van der Waals surface area contributed by atoms with E-state index in [9.17, 15) is 9.59 Å². The summed E-state index contributed by atoms with van der Waals surface area (Å²) in [5, 5.41) is 0.839. The van der Waals surface area contributed by atoms with E-state index < -0.39 is 5.25 Å². The number of Topliss-reactive ketones (excluding diaryl/α,β-unsaturated/α-hetero) is 2. The monoisotopic (exact) mass is 342 g/mol. The fourth-order valence-electron chi connectivity index (χ4n) is 2.24. The van der Waals surface area contributed by atoms with Crippen LogP contribution in [0.3, 0.4) is 0 Å². The standard InChI is InChI=1S/C17H14N2O2S2/c1-10(20)15(11(2)21)23-17-13-8-14(12-6-4-3-5-7-12)22-16(13)18-9-19-17/h3-9,15H,1-2H3. The van der Waals surface area contributed by atoms with Crippen molar-refractivity contribution in [1.29, 1.82) is 0 Å². The summed E-state index contributed by atoms with van der Waals surface area (Å²) in [5.74, 6) is -0.319. The lowest BCUT2D eigenvalue weighted by molar-refractivity contribution is -0.123. The van der Waals surface area contributed by atoms with E-state index in [-0.39, 0.29) is 11.6 Å². The van der Waals surface area contributed by atoms with Crippen molar-refractivity contribution in [3.63, 3.8) is 0 Å². The molecule has 0 amide bonds. The lowest BCUT2D eigenvalue weighted by Gasteiger charge is -2.09. The molecule has 2 heterocycles. The normalized spacial score (nSPS) is 11.1. The Morgan fingerprint density at radius 3 is 2.43 bits per heavy atom. The summed E-state index contributed by atoms with van der Waals surface area (Å²) in [6.07, 6.45) is 1.48. The number of ketones is 2. The zero-order valence-electron chi connectivity index (χ0n) is 12.6. The second-order valence-electron chi connectivity index (χ2n) is 5.09. The van der Waals surface area contributed by atoms with E-state index in [1.807, 2.05) is 36.4 Å². The second-order valence-corrected chi connectivity index (χ2v) is 7.22. The molecule has 0 radical (unpaired) electrons. The molecule has 23 heavy (non-hydrogen) atoms. The molecule has 0 aliphatic carbocycles. The molecule has 1 aromatic carbocycles. The van der Waals surface area contributed by atoms with Crippen LogP contribution in [-0.2, 0) is 9.59 Å². The summed E-state index contributed by atoms with van der Waals surface area (Å²) < 4.78 is 0. The van der Waals surface area contributed by atoms with Crippen LogP contribution in [0.1, 0.15) is 13.8 Å². The Kier molecular flexibility index (Phi) is 4.54. The Labute approximate surface area is 142 Å². The molecule has 0 atom stereocenters. The molecule has 0 aliphatic rings. The maximum atomic E-state index is 11.7. The molecule has 0 unspecified atom stereocenters. The van der Waals surface area contributed by atoms with E-state index in [2.05, 4.69) is 9.97 Å². The van der Waals surface area contributed by atoms with Gasteiger partial charge in [0, 0.05) is 10.3 Å². The first-order valence-corrected chi connectivity index (χ1v) is 8.73. The van der Waals surface area contributed by atoms with Crippen molar-refractivity contribution in [1.82, 2.24) is 9.97 Å².